The second-order valence-corrected chi connectivity index (χ2v) is 6.99. The molecule has 0 radical (unpaired) electrons. The molecule has 0 fully saturated rings. The average molecular weight is 282 g/mol. The first kappa shape index (κ1) is 14.7. The minimum Gasteiger partial charge on any atom is -0.493 e. The number of fused-ring (bicyclic) bond motifs is 1. The summed E-state index contributed by atoms with van der Waals surface area (Å²) in [4.78, 5) is 0. The van der Waals surface area contributed by atoms with Crippen LogP contribution in [0.2, 0.25) is 5.02 Å². The fourth-order valence-electron chi connectivity index (χ4n) is 2.21. The smallest absolute Gasteiger partial charge is 0.127 e. The van der Waals surface area contributed by atoms with Crippen LogP contribution in [0.3, 0.4) is 0 Å². The van der Waals surface area contributed by atoms with Gasteiger partial charge >= 0.3 is 0 Å². The van der Waals surface area contributed by atoms with Crippen LogP contribution in [0.25, 0.3) is 0 Å². The lowest BCUT2D eigenvalue weighted by molar-refractivity contribution is 0.252. The van der Waals surface area contributed by atoms with Crippen LogP contribution in [0, 0.1) is 11.3 Å². The van der Waals surface area contributed by atoms with Gasteiger partial charge in [0.1, 0.15) is 5.75 Å². The fourth-order valence-corrected chi connectivity index (χ4v) is 2.47. The van der Waals surface area contributed by atoms with E-state index in [1.165, 1.54) is 11.1 Å². The van der Waals surface area contributed by atoms with Crippen LogP contribution >= 0.6 is 11.6 Å². The quantitative estimate of drug-likeness (QED) is 0.899. The zero-order chi connectivity index (χ0) is 14.0. The molecular weight excluding hydrogens is 258 g/mol. The van der Waals surface area contributed by atoms with Crippen LogP contribution in [-0.4, -0.2) is 13.2 Å². The maximum atomic E-state index is 6.16. The van der Waals surface area contributed by atoms with E-state index in [1.807, 2.05) is 12.1 Å². The number of halogens is 1. The summed E-state index contributed by atoms with van der Waals surface area (Å²) in [6.07, 6.45) is 0.973. The van der Waals surface area contributed by atoms with Crippen molar-refractivity contribution in [3.05, 3.63) is 28.3 Å². The number of rotatable bonds is 4. The summed E-state index contributed by atoms with van der Waals surface area (Å²) in [6.45, 7) is 11.7. The van der Waals surface area contributed by atoms with Gasteiger partial charge in [-0.2, -0.15) is 0 Å². The van der Waals surface area contributed by atoms with Crippen LogP contribution in [0.5, 0.6) is 5.75 Å². The molecule has 2 nitrogen and oxygen atoms in total. The van der Waals surface area contributed by atoms with E-state index in [0.717, 1.165) is 36.9 Å². The maximum absolute atomic E-state index is 6.16. The number of nitrogens with one attached hydrogen (secondary N) is 1. The zero-order valence-corrected chi connectivity index (χ0v) is 13.1. The van der Waals surface area contributed by atoms with Crippen molar-refractivity contribution in [3.63, 3.8) is 0 Å². The van der Waals surface area contributed by atoms with Crippen molar-refractivity contribution in [2.45, 2.75) is 40.7 Å². The maximum Gasteiger partial charge on any atom is 0.127 e. The molecule has 0 saturated heterocycles. The highest BCUT2D eigenvalue weighted by Gasteiger charge is 2.20. The van der Waals surface area contributed by atoms with Gasteiger partial charge in [0.05, 0.1) is 6.61 Å². The second-order valence-electron chi connectivity index (χ2n) is 6.55. The van der Waals surface area contributed by atoms with Gasteiger partial charge in [0.15, 0.2) is 0 Å². The molecule has 19 heavy (non-hydrogen) atoms. The summed E-state index contributed by atoms with van der Waals surface area (Å²) in [7, 11) is 0. The van der Waals surface area contributed by atoms with Crippen LogP contribution in [-0.2, 0) is 13.0 Å². The van der Waals surface area contributed by atoms with Crippen LogP contribution < -0.4 is 10.1 Å². The summed E-state index contributed by atoms with van der Waals surface area (Å²) < 4.78 is 5.71. The van der Waals surface area contributed by atoms with E-state index in [4.69, 9.17) is 16.3 Å². The Morgan fingerprint density at radius 3 is 2.79 bits per heavy atom. The van der Waals surface area contributed by atoms with E-state index in [2.05, 4.69) is 33.0 Å². The molecule has 1 N–H and O–H groups in total. The molecule has 2 rings (SSSR count). The molecular formula is C16H24ClNO. The highest BCUT2D eigenvalue weighted by Crippen LogP contribution is 2.33. The van der Waals surface area contributed by atoms with Gasteiger partial charge in [-0.3, -0.25) is 0 Å². The van der Waals surface area contributed by atoms with Crippen molar-refractivity contribution in [3.8, 4) is 5.75 Å². The predicted octanol–water partition coefficient (Wildman–Crippen LogP) is 4.05. The number of benzene rings is 1. The number of hydrogen-bond acceptors (Lipinski definition) is 2. The van der Waals surface area contributed by atoms with E-state index in [-0.39, 0.29) is 0 Å². The van der Waals surface area contributed by atoms with Gasteiger partial charge in [-0.25, -0.2) is 0 Å². The van der Waals surface area contributed by atoms with Crippen molar-refractivity contribution in [1.29, 1.82) is 0 Å². The molecule has 1 aromatic rings. The molecule has 1 unspecified atom stereocenters. The predicted molar refractivity (Wildman–Crippen MR) is 81.0 cm³/mol. The standard InChI is InChI=1S/C16H24ClNO/c1-11(16(2,3)4)9-18-10-13-8-14(17)7-12-5-6-19-15(12)13/h7-8,11,18H,5-6,9-10H2,1-4H3. The lowest BCUT2D eigenvalue weighted by atomic mass is 9.82. The van der Waals surface area contributed by atoms with E-state index < -0.39 is 0 Å². The first-order chi connectivity index (χ1) is 8.88. The Kier molecular flexibility index (Phi) is 4.42. The molecule has 1 heterocycles. The van der Waals surface area contributed by atoms with E-state index in [1.54, 1.807) is 0 Å². The summed E-state index contributed by atoms with van der Waals surface area (Å²) in [5.41, 5.74) is 2.76. The van der Waals surface area contributed by atoms with Gasteiger partial charge in [0, 0.05) is 23.6 Å². The van der Waals surface area contributed by atoms with Crippen LogP contribution in [0.4, 0.5) is 0 Å². The first-order valence-electron chi connectivity index (χ1n) is 7.02. The average Bonchev–Trinajstić information content (AvgIpc) is 2.75. The molecule has 1 atom stereocenters. The molecule has 1 aliphatic heterocycles. The molecule has 0 spiro atoms. The van der Waals surface area contributed by atoms with Gasteiger partial charge in [0.2, 0.25) is 0 Å². The molecule has 0 amide bonds. The topological polar surface area (TPSA) is 21.3 Å². The van der Waals surface area contributed by atoms with Gasteiger partial charge in [0.25, 0.3) is 0 Å². The van der Waals surface area contributed by atoms with Crippen molar-refractivity contribution in [2.75, 3.05) is 13.2 Å². The summed E-state index contributed by atoms with van der Waals surface area (Å²) in [5, 5.41) is 4.34. The van der Waals surface area contributed by atoms with E-state index >= 15 is 0 Å². The Hall–Kier alpha value is -0.730. The van der Waals surface area contributed by atoms with Crippen molar-refractivity contribution in [1.82, 2.24) is 5.32 Å². The second kappa shape index (κ2) is 5.72. The molecule has 0 saturated carbocycles. The van der Waals surface area contributed by atoms with Crippen molar-refractivity contribution < 1.29 is 4.74 Å². The van der Waals surface area contributed by atoms with Crippen LogP contribution in [0.15, 0.2) is 12.1 Å². The van der Waals surface area contributed by atoms with E-state index in [9.17, 15) is 0 Å². The lowest BCUT2D eigenvalue weighted by Crippen LogP contribution is -2.29. The third kappa shape index (κ3) is 3.64. The molecule has 0 aliphatic carbocycles. The zero-order valence-electron chi connectivity index (χ0n) is 12.3. The highest BCUT2D eigenvalue weighted by atomic mass is 35.5. The van der Waals surface area contributed by atoms with Gasteiger partial charge in [-0.1, -0.05) is 39.3 Å². The Balaban J connectivity index is 1.97. The first-order valence-corrected chi connectivity index (χ1v) is 7.40. The largest absolute Gasteiger partial charge is 0.493 e. The Labute approximate surface area is 121 Å². The Morgan fingerprint density at radius 1 is 1.37 bits per heavy atom. The van der Waals surface area contributed by atoms with Crippen LogP contribution in [0.1, 0.15) is 38.8 Å². The molecule has 1 aromatic carbocycles. The third-order valence-electron chi connectivity index (χ3n) is 4.07. The molecule has 1 aliphatic rings. The van der Waals surface area contributed by atoms with Crippen molar-refractivity contribution in [2.24, 2.45) is 11.3 Å². The molecule has 0 bridgehead atoms. The van der Waals surface area contributed by atoms with Crippen molar-refractivity contribution >= 4 is 11.6 Å². The molecule has 106 valence electrons. The minimum absolute atomic E-state index is 0.333. The van der Waals surface area contributed by atoms with Gasteiger partial charge in [-0.15, -0.1) is 0 Å². The fraction of sp³-hybridized carbons (Fsp3) is 0.625. The summed E-state index contributed by atoms with van der Waals surface area (Å²) >= 11 is 6.16. The Bertz CT molecular complexity index is 451. The van der Waals surface area contributed by atoms with Gasteiger partial charge in [-0.05, 0) is 35.6 Å². The molecule has 0 aromatic heterocycles. The SMILES string of the molecule is CC(CNCc1cc(Cl)cc2c1OCC2)C(C)(C)C. The number of hydrogen-bond donors (Lipinski definition) is 1. The van der Waals surface area contributed by atoms with E-state index in [0.29, 0.717) is 11.3 Å². The molecule has 3 heteroatoms. The summed E-state index contributed by atoms with van der Waals surface area (Å²) in [6, 6.07) is 4.03. The van der Waals surface area contributed by atoms with Gasteiger partial charge < -0.3 is 10.1 Å². The Morgan fingerprint density at radius 2 is 2.11 bits per heavy atom. The minimum atomic E-state index is 0.333. The monoisotopic (exact) mass is 281 g/mol. The normalized spacial score (nSPS) is 16.1. The highest BCUT2D eigenvalue weighted by molar-refractivity contribution is 6.30. The summed E-state index contributed by atoms with van der Waals surface area (Å²) in [5.74, 6) is 1.67. The lowest BCUT2D eigenvalue weighted by Gasteiger charge is -2.27. The third-order valence-corrected chi connectivity index (χ3v) is 4.29. The number of ether oxygens (including phenoxy) is 1.